The molecule has 5 heteroatoms. The number of anilines is 2. The van der Waals surface area contributed by atoms with Crippen LogP contribution < -0.4 is 10.6 Å². The molecule has 0 aromatic heterocycles. The number of nitrogens with one attached hydrogen (secondary N) is 2. The summed E-state index contributed by atoms with van der Waals surface area (Å²) in [5.74, 6) is 0. The van der Waals surface area contributed by atoms with Crippen LogP contribution in [0.4, 0.5) is 16.2 Å². The second-order valence-electron chi connectivity index (χ2n) is 4.17. The molecule has 0 fully saturated rings. The van der Waals surface area contributed by atoms with Crippen molar-refractivity contribution in [3.05, 3.63) is 59.1 Å². The Labute approximate surface area is 122 Å². The topological polar surface area (TPSA) is 50.4 Å². The minimum Gasteiger partial charge on any atom is -0.453 e. The number of benzene rings is 2. The van der Waals surface area contributed by atoms with E-state index in [9.17, 15) is 4.79 Å². The molecule has 0 saturated carbocycles. The standard InChI is InChI=1S/C15H15ClN2O2/c1-20-15(19)18-14-8-6-13(7-9-14)17-10-11-2-4-12(16)5-3-11/h2-9,17H,10H2,1H3,(H,18,19). The number of hydrogen-bond acceptors (Lipinski definition) is 3. The minimum atomic E-state index is -0.480. The van der Waals surface area contributed by atoms with Crippen molar-refractivity contribution >= 4 is 29.1 Å². The third-order valence-electron chi connectivity index (χ3n) is 2.73. The van der Waals surface area contributed by atoms with Crippen molar-refractivity contribution in [1.29, 1.82) is 0 Å². The fourth-order valence-electron chi connectivity index (χ4n) is 1.65. The monoisotopic (exact) mass is 290 g/mol. The number of methoxy groups -OCH3 is 1. The number of halogens is 1. The van der Waals surface area contributed by atoms with Crippen molar-refractivity contribution in [3.63, 3.8) is 0 Å². The lowest BCUT2D eigenvalue weighted by molar-refractivity contribution is 0.187. The Morgan fingerprint density at radius 3 is 2.25 bits per heavy atom. The first-order chi connectivity index (χ1) is 9.67. The molecule has 20 heavy (non-hydrogen) atoms. The molecular formula is C15H15ClN2O2. The van der Waals surface area contributed by atoms with E-state index in [1.54, 1.807) is 12.1 Å². The molecule has 0 aliphatic heterocycles. The van der Waals surface area contributed by atoms with Gasteiger partial charge in [-0.25, -0.2) is 4.79 Å². The van der Waals surface area contributed by atoms with Crippen LogP contribution in [0.25, 0.3) is 0 Å². The number of rotatable bonds is 4. The van der Waals surface area contributed by atoms with Crippen molar-refractivity contribution < 1.29 is 9.53 Å². The fourth-order valence-corrected chi connectivity index (χ4v) is 1.77. The molecule has 0 spiro atoms. The zero-order valence-corrected chi connectivity index (χ0v) is 11.8. The molecule has 0 heterocycles. The number of carbonyl (C=O) groups is 1. The van der Waals surface area contributed by atoms with Gasteiger partial charge in [-0.2, -0.15) is 0 Å². The molecule has 2 aromatic rings. The summed E-state index contributed by atoms with van der Waals surface area (Å²) in [7, 11) is 1.33. The summed E-state index contributed by atoms with van der Waals surface area (Å²) in [6, 6.07) is 15.1. The normalized spacial score (nSPS) is 9.90. The molecule has 1 amide bonds. The van der Waals surface area contributed by atoms with E-state index in [4.69, 9.17) is 11.6 Å². The molecule has 4 nitrogen and oxygen atoms in total. The third kappa shape index (κ3) is 4.17. The Bertz CT molecular complexity index is 567. The predicted molar refractivity (Wildman–Crippen MR) is 81.2 cm³/mol. The van der Waals surface area contributed by atoms with Gasteiger partial charge in [0.15, 0.2) is 0 Å². The number of carbonyl (C=O) groups excluding carboxylic acids is 1. The predicted octanol–water partition coefficient (Wildman–Crippen LogP) is 4.13. The summed E-state index contributed by atoms with van der Waals surface area (Å²) in [5, 5.41) is 6.61. The van der Waals surface area contributed by atoms with Crippen LogP contribution in [0.15, 0.2) is 48.5 Å². The number of ether oxygens (including phenoxy) is 1. The highest BCUT2D eigenvalue weighted by Gasteiger charge is 2.00. The van der Waals surface area contributed by atoms with Crippen LogP contribution in [0.3, 0.4) is 0 Å². The molecule has 2 aromatic carbocycles. The SMILES string of the molecule is COC(=O)Nc1ccc(NCc2ccc(Cl)cc2)cc1. The van der Waals surface area contributed by atoms with E-state index < -0.39 is 6.09 Å². The van der Waals surface area contributed by atoms with Crippen LogP contribution in [0.1, 0.15) is 5.56 Å². The highest BCUT2D eigenvalue weighted by molar-refractivity contribution is 6.30. The minimum absolute atomic E-state index is 0.480. The molecule has 0 bridgehead atoms. The van der Waals surface area contributed by atoms with E-state index >= 15 is 0 Å². The molecule has 0 unspecified atom stereocenters. The maximum Gasteiger partial charge on any atom is 0.411 e. The van der Waals surface area contributed by atoms with Gasteiger partial charge in [0.2, 0.25) is 0 Å². The Morgan fingerprint density at radius 1 is 1.05 bits per heavy atom. The Hall–Kier alpha value is -2.20. The van der Waals surface area contributed by atoms with Gasteiger partial charge in [-0.1, -0.05) is 23.7 Å². The van der Waals surface area contributed by atoms with Crippen molar-refractivity contribution in [2.45, 2.75) is 6.54 Å². The molecular weight excluding hydrogens is 276 g/mol. The quantitative estimate of drug-likeness (QED) is 0.890. The third-order valence-corrected chi connectivity index (χ3v) is 2.98. The van der Waals surface area contributed by atoms with E-state index in [2.05, 4.69) is 15.4 Å². The van der Waals surface area contributed by atoms with Gasteiger partial charge in [-0.3, -0.25) is 5.32 Å². The molecule has 0 radical (unpaired) electrons. The van der Waals surface area contributed by atoms with Crippen molar-refractivity contribution in [1.82, 2.24) is 0 Å². The van der Waals surface area contributed by atoms with E-state index in [-0.39, 0.29) is 0 Å². The lowest BCUT2D eigenvalue weighted by Gasteiger charge is -2.08. The largest absolute Gasteiger partial charge is 0.453 e. The average Bonchev–Trinajstić information content (AvgIpc) is 2.48. The lowest BCUT2D eigenvalue weighted by atomic mass is 10.2. The lowest BCUT2D eigenvalue weighted by Crippen LogP contribution is -2.10. The number of hydrogen-bond donors (Lipinski definition) is 2. The molecule has 0 aliphatic carbocycles. The maximum atomic E-state index is 11.0. The summed E-state index contributed by atoms with van der Waals surface area (Å²) in [6.07, 6.45) is -0.480. The number of amides is 1. The molecule has 2 N–H and O–H groups in total. The van der Waals surface area contributed by atoms with Crippen LogP contribution in [-0.2, 0) is 11.3 Å². The second-order valence-corrected chi connectivity index (χ2v) is 4.61. The molecule has 0 saturated heterocycles. The van der Waals surface area contributed by atoms with Gasteiger partial charge >= 0.3 is 6.09 Å². The van der Waals surface area contributed by atoms with Gasteiger partial charge in [-0.05, 0) is 42.0 Å². The molecule has 104 valence electrons. The zero-order valence-electron chi connectivity index (χ0n) is 11.0. The zero-order chi connectivity index (χ0) is 14.4. The van der Waals surface area contributed by atoms with Crippen molar-refractivity contribution in [3.8, 4) is 0 Å². The van der Waals surface area contributed by atoms with Crippen molar-refractivity contribution in [2.75, 3.05) is 17.7 Å². The molecule has 2 rings (SSSR count). The highest BCUT2D eigenvalue weighted by Crippen LogP contribution is 2.15. The summed E-state index contributed by atoms with van der Waals surface area (Å²) < 4.78 is 4.52. The Kier molecular flexibility index (Phi) is 4.85. The van der Waals surface area contributed by atoms with Gasteiger partial charge in [0.25, 0.3) is 0 Å². The summed E-state index contributed by atoms with van der Waals surface area (Å²) in [5.41, 5.74) is 2.80. The Balaban J connectivity index is 1.90. The van der Waals surface area contributed by atoms with E-state index in [0.29, 0.717) is 12.2 Å². The summed E-state index contributed by atoms with van der Waals surface area (Å²) >= 11 is 5.83. The van der Waals surface area contributed by atoms with E-state index in [0.717, 1.165) is 16.3 Å². The van der Waals surface area contributed by atoms with Crippen LogP contribution in [0.5, 0.6) is 0 Å². The van der Waals surface area contributed by atoms with E-state index in [1.165, 1.54) is 7.11 Å². The van der Waals surface area contributed by atoms with Crippen molar-refractivity contribution in [2.24, 2.45) is 0 Å². The highest BCUT2D eigenvalue weighted by atomic mass is 35.5. The van der Waals surface area contributed by atoms with Crippen LogP contribution >= 0.6 is 11.6 Å². The second kappa shape index (κ2) is 6.82. The Morgan fingerprint density at radius 2 is 1.65 bits per heavy atom. The molecule has 0 aliphatic rings. The average molecular weight is 291 g/mol. The smallest absolute Gasteiger partial charge is 0.411 e. The van der Waals surface area contributed by atoms with Gasteiger partial charge in [0.1, 0.15) is 0 Å². The first kappa shape index (κ1) is 14.2. The van der Waals surface area contributed by atoms with Crippen LogP contribution in [0, 0.1) is 0 Å². The van der Waals surface area contributed by atoms with E-state index in [1.807, 2.05) is 36.4 Å². The summed E-state index contributed by atoms with van der Waals surface area (Å²) in [6.45, 7) is 0.709. The van der Waals surface area contributed by atoms with Gasteiger partial charge in [0, 0.05) is 22.9 Å². The fraction of sp³-hybridized carbons (Fsp3) is 0.133. The first-order valence-electron chi connectivity index (χ1n) is 6.11. The van der Waals surface area contributed by atoms with Crippen LogP contribution in [-0.4, -0.2) is 13.2 Å². The maximum absolute atomic E-state index is 11.0. The van der Waals surface area contributed by atoms with Gasteiger partial charge in [0.05, 0.1) is 7.11 Å². The molecule has 0 atom stereocenters. The first-order valence-corrected chi connectivity index (χ1v) is 6.48. The summed E-state index contributed by atoms with van der Waals surface area (Å²) in [4.78, 5) is 11.0. The van der Waals surface area contributed by atoms with Gasteiger partial charge < -0.3 is 10.1 Å². The van der Waals surface area contributed by atoms with Crippen LogP contribution in [0.2, 0.25) is 5.02 Å². The van der Waals surface area contributed by atoms with Gasteiger partial charge in [-0.15, -0.1) is 0 Å².